The van der Waals surface area contributed by atoms with Crippen LogP contribution in [0.5, 0.6) is 0 Å². The summed E-state index contributed by atoms with van der Waals surface area (Å²) in [4.78, 5) is 8.41. The van der Waals surface area contributed by atoms with E-state index in [9.17, 15) is 0 Å². The van der Waals surface area contributed by atoms with E-state index < -0.39 is 0 Å². The van der Waals surface area contributed by atoms with Crippen LogP contribution < -0.4 is 10.6 Å². The van der Waals surface area contributed by atoms with Crippen molar-refractivity contribution in [1.29, 1.82) is 0 Å². The van der Waals surface area contributed by atoms with Crippen molar-refractivity contribution in [2.75, 3.05) is 17.7 Å². The minimum atomic E-state index is 0.553. The molecule has 2 atom stereocenters. The van der Waals surface area contributed by atoms with Crippen LogP contribution in [0.1, 0.15) is 39.0 Å². The SMILES string of the molecule is CNc1cc(NC2CCCCCC2C)ncn1. The lowest BCUT2D eigenvalue weighted by molar-refractivity contribution is 0.455. The molecule has 0 aliphatic heterocycles. The van der Waals surface area contributed by atoms with E-state index in [1.165, 1.54) is 32.1 Å². The highest BCUT2D eigenvalue weighted by molar-refractivity contribution is 5.46. The van der Waals surface area contributed by atoms with Gasteiger partial charge in [0, 0.05) is 19.2 Å². The topological polar surface area (TPSA) is 49.8 Å². The summed E-state index contributed by atoms with van der Waals surface area (Å²) >= 11 is 0. The van der Waals surface area contributed by atoms with Crippen molar-refractivity contribution in [2.24, 2.45) is 5.92 Å². The Morgan fingerprint density at radius 3 is 2.71 bits per heavy atom. The van der Waals surface area contributed by atoms with Gasteiger partial charge in [-0.3, -0.25) is 0 Å². The third-order valence-corrected chi connectivity index (χ3v) is 3.62. The number of hydrogen-bond acceptors (Lipinski definition) is 4. The van der Waals surface area contributed by atoms with E-state index in [1.807, 2.05) is 13.1 Å². The molecule has 0 aromatic carbocycles. The summed E-state index contributed by atoms with van der Waals surface area (Å²) in [5.41, 5.74) is 0. The monoisotopic (exact) mass is 234 g/mol. The highest BCUT2D eigenvalue weighted by Crippen LogP contribution is 2.25. The second kappa shape index (κ2) is 5.84. The van der Waals surface area contributed by atoms with Crippen molar-refractivity contribution in [2.45, 2.75) is 45.1 Å². The maximum Gasteiger partial charge on any atom is 0.131 e. The van der Waals surface area contributed by atoms with Gasteiger partial charge in [0.05, 0.1) is 0 Å². The van der Waals surface area contributed by atoms with Gasteiger partial charge >= 0.3 is 0 Å². The second-order valence-electron chi connectivity index (χ2n) is 4.90. The van der Waals surface area contributed by atoms with Crippen LogP contribution in [-0.4, -0.2) is 23.1 Å². The summed E-state index contributed by atoms with van der Waals surface area (Å²) < 4.78 is 0. The van der Waals surface area contributed by atoms with Crippen LogP contribution in [-0.2, 0) is 0 Å². The minimum Gasteiger partial charge on any atom is -0.373 e. The van der Waals surface area contributed by atoms with E-state index in [2.05, 4.69) is 27.5 Å². The Bertz CT molecular complexity index is 353. The summed E-state index contributed by atoms with van der Waals surface area (Å²) in [6.07, 6.45) is 8.24. The molecule has 0 bridgehead atoms. The Hall–Kier alpha value is -1.32. The van der Waals surface area contributed by atoms with Gasteiger partial charge in [-0.05, 0) is 18.8 Å². The molecular formula is C13H22N4. The van der Waals surface area contributed by atoms with Crippen molar-refractivity contribution in [3.8, 4) is 0 Å². The van der Waals surface area contributed by atoms with Gasteiger partial charge in [0.15, 0.2) is 0 Å². The Balaban J connectivity index is 2.02. The summed E-state index contributed by atoms with van der Waals surface area (Å²) in [5, 5.41) is 6.59. The predicted octanol–water partition coefficient (Wildman–Crippen LogP) is 2.90. The first-order valence-electron chi connectivity index (χ1n) is 6.56. The van der Waals surface area contributed by atoms with Crippen molar-refractivity contribution < 1.29 is 0 Å². The summed E-state index contributed by atoms with van der Waals surface area (Å²) in [7, 11) is 1.88. The van der Waals surface area contributed by atoms with Crippen molar-refractivity contribution >= 4 is 11.6 Å². The van der Waals surface area contributed by atoms with E-state index in [0.29, 0.717) is 6.04 Å². The number of rotatable bonds is 3. The molecule has 0 radical (unpaired) electrons. The van der Waals surface area contributed by atoms with Crippen molar-refractivity contribution in [1.82, 2.24) is 9.97 Å². The predicted molar refractivity (Wildman–Crippen MR) is 71.2 cm³/mol. The normalized spacial score (nSPS) is 25.1. The largest absolute Gasteiger partial charge is 0.373 e. The molecule has 1 saturated carbocycles. The van der Waals surface area contributed by atoms with E-state index in [-0.39, 0.29) is 0 Å². The fraction of sp³-hybridized carbons (Fsp3) is 0.692. The number of anilines is 2. The van der Waals surface area contributed by atoms with Crippen LogP contribution in [0.15, 0.2) is 12.4 Å². The van der Waals surface area contributed by atoms with Crippen molar-refractivity contribution in [3.63, 3.8) is 0 Å². The molecular weight excluding hydrogens is 212 g/mol. The van der Waals surface area contributed by atoms with Gasteiger partial charge in [0.1, 0.15) is 18.0 Å². The molecule has 0 amide bonds. The summed E-state index contributed by atoms with van der Waals surface area (Å²) in [6, 6.07) is 2.52. The summed E-state index contributed by atoms with van der Waals surface area (Å²) in [6.45, 7) is 2.34. The molecule has 2 rings (SSSR count). The lowest BCUT2D eigenvalue weighted by Crippen LogP contribution is -2.26. The van der Waals surface area contributed by atoms with Gasteiger partial charge < -0.3 is 10.6 Å². The molecule has 1 aliphatic carbocycles. The standard InChI is InChI=1S/C13H22N4/c1-10-6-4-3-5-7-11(10)17-13-8-12(14-2)15-9-16-13/h8-11H,3-7H2,1-2H3,(H2,14,15,16,17). The molecule has 1 aliphatic rings. The minimum absolute atomic E-state index is 0.553. The number of nitrogens with zero attached hydrogens (tertiary/aromatic N) is 2. The van der Waals surface area contributed by atoms with Gasteiger partial charge in [0.2, 0.25) is 0 Å². The smallest absolute Gasteiger partial charge is 0.131 e. The van der Waals surface area contributed by atoms with Crippen LogP contribution in [0.2, 0.25) is 0 Å². The lowest BCUT2D eigenvalue weighted by Gasteiger charge is -2.23. The molecule has 1 aromatic rings. The zero-order valence-electron chi connectivity index (χ0n) is 10.7. The number of hydrogen-bond donors (Lipinski definition) is 2. The third-order valence-electron chi connectivity index (χ3n) is 3.62. The van der Waals surface area contributed by atoms with Crippen LogP contribution in [0, 0.1) is 5.92 Å². The maximum atomic E-state index is 4.28. The van der Waals surface area contributed by atoms with Gasteiger partial charge in [-0.15, -0.1) is 0 Å². The highest BCUT2D eigenvalue weighted by atomic mass is 15.1. The molecule has 1 aromatic heterocycles. The molecule has 0 spiro atoms. The van der Waals surface area contributed by atoms with Gasteiger partial charge in [0.25, 0.3) is 0 Å². The first-order valence-corrected chi connectivity index (χ1v) is 6.56. The number of aromatic nitrogens is 2. The van der Waals surface area contributed by atoms with Crippen LogP contribution >= 0.6 is 0 Å². The van der Waals surface area contributed by atoms with E-state index >= 15 is 0 Å². The van der Waals surface area contributed by atoms with E-state index in [1.54, 1.807) is 6.33 Å². The highest BCUT2D eigenvalue weighted by Gasteiger charge is 2.19. The van der Waals surface area contributed by atoms with E-state index in [4.69, 9.17) is 0 Å². The molecule has 2 N–H and O–H groups in total. The molecule has 17 heavy (non-hydrogen) atoms. The maximum absolute atomic E-state index is 4.28. The summed E-state index contributed by atoms with van der Waals surface area (Å²) in [5.74, 6) is 2.53. The van der Waals surface area contributed by atoms with Gasteiger partial charge in [-0.2, -0.15) is 0 Å². The number of nitrogens with one attached hydrogen (secondary N) is 2. The fourth-order valence-electron chi connectivity index (χ4n) is 2.47. The zero-order chi connectivity index (χ0) is 12.1. The lowest BCUT2D eigenvalue weighted by atomic mass is 9.97. The molecule has 1 heterocycles. The quantitative estimate of drug-likeness (QED) is 0.790. The third kappa shape index (κ3) is 3.32. The molecule has 4 nitrogen and oxygen atoms in total. The Morgan fingerprint density at radius 2 is 1.88 bits per heavy atom. The Labute approximate surface area is 103 Å². The average Bonchev–Trinajstić information content (AvgIpc) is 2.55. The Kier molecular flexibility index (Phi) is 4.18. The van der Waals surface area contributed by atoms with Crippen LogP contribution in [0.4, 0.5) is 11.6 Å². The molecule has 4 heteroatoms. The average molecular weight is 234 g/mol. The van der Waals surface area contributed by atoms with Gasteiger partial charge in [-0.1, -0.05) is 26.2 Å². The molecule has 1 fully saturated rings. The van der Waals surface area contributed by atoms with Crippen LogP contribution in [0.3, 0.4) is 0 Å². The van der Waals surface area contributed by atoms with Crippen LogP contribution in [0.25, 0.3) is 0 Å². The zero-order valence-corrected chi connectivity index (χ0v) is 10.7. The molecule has 2 unspecified atom stereocenters. The Morgan fingerprint density at radius 1 is 1.12 bits per heavy atom. The first kappa shape index (κ1) is 12.1. The second-order valence-corrected chi connectivity index (χ2v) is 4.90. The first-order chi connectivity index (χ1) is 8.29. The fourth-order valence-corrected chi connectivity index (χ4v) is 2.47. The van der Waals surface area contributed by atoms with E-state index in [0.717, 1.165) is 17.6 Å². The van der Waals surface area contributed by atoms with Gasteiger partial charge in [-0.25, -0.2) is 9.97 Å². The van der Waals surface area contributed by atoms with Crippen molar-refractivity contribution in [3.05, 3.63) is 12.4 Å². The molecule has 94 valence electrons. The molecule has 0 saturated heterocycles.